The molecule has 12 aromatic heterocycles. The highest BCUT2D eigenvalue weighted by Crippen LogP contribution is 2.42. The summed E-state index contributed by atoms with van der Waals surface area (Å²) in [5.41, 5.74) is -3.05. The van der Waals surface area contributed by atoms with Crippen LogP contribution in [0.5, 0.6) is 0 Å². The van der Waals surface area contributed by atoms with E-state index in [1.807, 2.05) is 0 Å². The minimum Gasteiger partial charge on any atom is -0.310 e. The zero-order valence-corrected chi connectivity index (χ0v) is 70.5. The standard InChI is InChI=1S/3C19H16F5N5O2S.C18H16ClF2N5O2S/c1-4-32(30,31)16-12-6-5-10(19(22,23)24)8-14(12)29(27-16)17-26-13-7-11(18(2,20)21)9-25-15(13)28(17)3;1-4-32(30,31)16-12-7-10(19(22,23)24)5-6-14(12)29(27-16)17-26-13-8-11(18(2,20)21)9-25-15(13)28(17)3;1-4-32(30,31)16-11-6-5-10(19(22,23)24)7-12(11)27-29(16)17-26-13-8-15(18(2,20)21)25-9-14(13)28(17)3;1-4-29(27,28)16-14-11(19)6-5-7-12(14)24-26(16)17-23-13-8-10(18(2,20)21)9-22-15(13)25(17)3/h3*5-9H,4H2,1-3H3;5-9H,4H2,1-3H3. The Kier molecular flexibility index (Phi) is 22.8. The number of aryl methyl sites for hydroxylation is 4. The molecule has 0 fully saturated rings. The molecule has 0 atom stereocenters. The molecule has 0 radical (unpaired) electrons. The van der Waals surface area contributed by atoms with E-state index in [2.05, 4.69) is 60.3 Å². The molecule has 0 saturated carbocycles. The summed E-state index contributed by atoms with van der Waals surface area (Å²) >= 11 is 6.27. The maximum atomic E-state index is 13.7. The van der Waals surface area contributed by atoms with Crippen molar-refractivity contribution in [3.8, 4) is 23.8 Å². The van der Waals surface area contributed by atoms with Gasteiger partial charge in [-0.3, -0.25) is 18.7 Å². The van der Waals surface area contributed by atoms with Crippen molar-refractivity contribution in [2.24, 2.45) is 28.2 Å². The number of pyridine rings is 4. The topological polar surface area (TPSA) is 331 Å². The Morgan fingerprint density at radius 3 is 1.15 bits per heavy atom. The summed E-state index contributed by atoms with van der Waals surface area (Å²) in [4.78, 5) is 32.8. The molecule has 662 valence electrons. The molecule has 125 heavy (non-hydrogen) atoms. The number of hydrogen-bond acceptors (Lipinski definition) is 20. The van der Waals surface area contributed by atoms with E-state index in [1.54, 1.807) is 25.2 Å². The summed E-state index contributed by atoms with van der Waals surface area (Å²) in [5, 5.41) is 15.5. The van der Waals surface area contributed by atoms with Crippen LogP contribution in [0.4, 0.5) is 74.6 Å². The minimum atomic E-state index is -4.69. The van der Waals surface area contributed by atoms with Gasteiger partial charge in [0.05, 0.1) is 89.4 Å². The average molecular weight is 1860 g/mol. The van der Waals surface area contributed by atoms with Gasteiger partial charge in [0.25, 0.3) is 23.7 Å². The van der Waals surface area contributed by atoms with E-state index < -0.39 is 120 Å². The third-order valence-electron chi connectivity index (χ3n) is 19.7. The van der Waals surface area contributed by atoms with Gasteiger partial charge in [0.1, 0.15) is 22.2 Å². The molecule has 0 aliphatic rings. The minimum absolute atomic E-state index is 0.00591. The molecule has 0 amide bonds. The van der Waals surface area contributed by atoms with E-state index in [0.717, 1.165) is 119 Å². The van der Waals surface area contributed by atoms with Crippen molar-refractivity contribution >= 4 is 139 Å². The van der Waals surface area contributed by atoms with Crippen molar-refractivity contribution in [3.05, 3.63) is 166 Å². The Labute approximate surface area is 699 Å². The van der Waals surface area contributed by atoms with Gasteiger partial charge < -0.3 is 4.57 Å². The molecule has 12 heterocycles. The summed E-state index contributed by atoms with van der Waals surface area (Å²) in [6.07, 6.45) is -9.80. The Bertz CT molecular complexity index is 7530. The molecule has 0 unspecified atom stereocenters. The fraction of sp³-hybridized carbons (Fsp3) is 0.307. The predicted molar refractivity (Wildman–Crippen MR) is 422 cm³/mol. The highest BCUT2D eigenvalue weighted by Gasteiger charge is 2.40. The maximum Gasteiger partial charge on any atom is 0.416 e. The van der Waals surface area contributed by atoms with Gasteiger partial charge in [-0.25, -0.2) is 94.9 Å². The van der Waals surface area contributed by atoms with Crippen molar-refractivity contribution in [1.82, 2.24) is 97.3 Å². The molecular weight excluding hydrogens is 1800 g/mol. The van der Waals surface area contributed by atoms with Gasteiger partial charge in [0.15, 0.2) is 76.4 Å². The number of rotatable bonds is 16. The number of hydrogen-bond donors (Lipinski definition) is 0. The van der Waals surface area contributed by atoms with E-state index in [4.69, 9.17) is 11.6 Å². The highest BCUT2D eigenvalue weighted by atomic mass is 35.5. The van der Waals surface area contributed by atoms with Crippen LogP contribution in [-0.2, 0) is 110 Å². The van der Waals surface area contributed by atoms with Crippen molar-refractivity contribution in [1.29, 1.82) is 0 Å². The van der Waals surface area contributed by atoms with E-state index in [-0.39, 0.29) is 144 Å². The van der Waals surface area contributed by atoms with Gasteiger partial charge >= 0.3 is 18.5 Å². The smallest absolute Gasteiger partial charge is 0.310 e. The van der Waals surface area contributed by atoms with Gasteiger partial charge in [0.2, 0.25) is 23.8 Å². The van der Waals surface area contributed by atoms with Gasteiger partial charge in [0, 0.05) is 107 Å². The van der Waals surface area contributed by atoms with Crippen LogP contribution in [0.15, 0.2) is 142 Å². The number of fused-ring (bicyclic) bond motifs is 8. The first-order valence-electron chi connectivity index (χ1n) is 36.5. The third-order valence-corrected chi connectivity index (χ3v) is 26.8. The molecule has 0 aliphatic carbocycles. The highest BCUT2D eigenvalue weighted by molar-refractivity contribution is 7.92. The summed E-state index contributed by atoms with van der Waals surface area (Å²) in [7, 11) is -9.52. The van der Waals surface area contributed by atoms with E-state index >= 15 is 0 Å². The second-order valence-corrected chi connectivity index (χ2v) is 37.7. The molecule has 0 spiro atoms. The summed E-state index contributed by atoms with van der Waals surface area (Å²) < 4.78 is 340. The van der Waals surface area contributed by atoms with Crippen molar-refractivity contribution in [3.63, 3.8) is 0 Å². The second kappa shape index (κ2) is 31.4. The first-order valence-corrected chi connectivity index (χ1v) is 43.5. The summed E-state index contributed by atoms with van der Waals surface area (Å²) in [6.45, 7) is 8.48. The molecule has 16 rings (SSSR count). The predicted octanol–water partition coefficient (Wildman–Crippen LogP) is 16.6. The molecule has 16 aromatic rings. The number of benzene rings is 4. The van der Waals surface area contributed by atoms with Crippen LogP contribution < -0.4 is 0 Å². The van der Waals surface area contributed by atoms with Crippen LogP contribution in [0, 0.1) is 0 Å². The lowest BCUT2D eigenvalue weighted by Gasteiger charge is -2.09. The molecule has 0 aliphatic heterocycles. The lowest BCUT2D eigenvalue weighted by atomic mass is 10.1. The van der Waals surface area contributed by atoms with Crippen molar-refractivity contribution in [2.75, 3.05) is 23.0 Å². The maximum absolute atomic E-state index is 13.7. The first kappa shape index (κ1) is 90.9. The van der Waals surface area contributed by atoms with Crippen LogP contribution >= 0.6 is 11.6 Å². The fourth-order valence-corrected chi connectivity index (χ4v) is 17.6. The van der Waals surface area contributed by atoms with E-state index in [9.17, 15) is 108 Å². The summed E-state index contributed by atoms with van der Waals surface area (Å²) in [6, 6.07) is 17.2. The van der Waals surface area contributed by atoms with E-state index in [1.165, 1.54) is 77.9 Å². The largest absolute Gasteiger partial charge is 0.416 e. The summed E-state index contributed by atoms with van der Waals surface area (Å²) in [5.74, 6) is -13.9. The number of alkyl halides is 17. The zero-order valence-electron chi connectivity index (χ0n) is 66.5. The normalized spacial score (nSPS) is 13.3. The Balaban J connectivity index is 0.000000143. The Hall–Kier alpha value is -11.9. The molecule has 50 heteroatoms. The number of aromatic nitrogens is 20. The van der Waals surface area contributed by atoms with Crippen LogP contribution in [0.2, 0.25) is 5.02 Å². The molecule has 0 N–H and O–H groups in total. The quantitative estimate of drug-likeness (QED) is 0.0811. The van der Waals surface area contributed by atoms with Gasteiger partial charge in [-0.1, -0.05) is 45.4 Å². The van der Waals surface area contributed by atoms with Crippen LogP contribution in [0.25, 0.3) is 112 Å². The zero-order chi connectivity index (χ0) is 92.0. The second-order valence-electron chi connectivity index (χ2n) is 28.5. The number of nitrogens with zero attached hydrogens (tertiary/aromatic N) is 20. The molecule has 0 saturated heterocycles. The van der Waals surface area contributed by atoms with Crippen LogP contribution in [0.1, 0.15) is 94.5 Å². The third kappa shape index (κ3) is 17.0. The van der Waals surface area contributed by atoms with Crippen LogP contribution in [0.3, 0.4) is 0 Å². The van der Waals surface area contributed by atoms with Crippen molar-refractivity contribution in [2.45, 2.75) is 118 Å². The van der Waals surface area contributed by atoms with Gasteiger partial charge in [-0.2, -0.15) is 87.4 Å². The first-order chi connectivity index (χ1) is 57.8. The lowest BCUT2D eigenvalue weighted by molar-refractivity contribution is -0.138. The van der Waals surface area contributed by atoms with Gasteiger partial charge in [-0.05, 0) is 91.0 Å². The van der Waals surface area contributed by atoms with E-state index in [0.29, 0.717) is 37.5 Å². The number of halogens is 18. The fourth-order valence-electron chi connectivity index (χ4n) is 13.0. The Morgan fingerprint density at radius 1 is 0.328 bits per heavy atom. The number of imidazole rings is 4. The van der Waals surface area contributed by atoms with Crippen LogP contribution in [-0.4, -0.2) is 154 Å². The monoisotopic (exact) mass is 1860 g/mol. The number of sulfone groups is 4. The lowest BCUT2D eigenvalue weighted by Crippen LogP contribution is -2.14. The average Bonchev–Trinajstić information content (AvgIpc) is 1.62. The molecule has 4 aromatic carbocycles. The van der Waals surface area contributed by atoms with Gasteiger partial charge in [-0.15, -0.1) is 0 Å². The Morgan fingerprint density at radius 2 is 0.704 bits per heavy atom. The van der Waals surface area contributed by atoms with Crippen molar-refractivity contribution < 1.29 is 108 Å². The SMILES string of the molecule is CCS(=O)(=O)c1c2c(Cl)cccc2nn1-c1nc2cc(C(C)(F)F)cnc2n1C.CCS(=O)(=O)c1c2ccc(C(F)(F)F)cc2nn1-c1nc2cc(C(C)(F)F)ncc2n1C.CCS(=O)(=O)c1nn(-c2nc3cc(C(C)(F)F)cnc3n2C)c2cc(C(F)(F)F)ccc12.CCS(=O)(=O)c1nn(-c2nc3cc(C(C)(F)F)cnc3n2C)c2ccc(C(F)(F)F)cc12. The molecular formula is C75H64ClF17N20O8S4. The molecule has 0 bridgehead atoms. The molecule has 28 nitrogen and oxygen atoms in total.